The van der Waals surface area contributed by atoms with Crippen LogP contribution in [0, 0.1) is 0 Å². The standard InChI is InChI=1S/C13H24BrN3/c1-5-6-11(15-4)7-8-13-12(14)9-16-17(13)10(2)3/h9-11,15H,5-8H2,1-4H3. The molecule has 1 aromatic heterocycles. The van der Waals surface area contributed by atoms with E-state index in [2.05, 4.69) is 58.8 Å². The van der Waals surface area contributed by atoms with Crippen molar-refractivity contribution in [1.29, 1.82) is 0 Å². The zero-order chi connectivity index (χ0) is 12.8. The van der Waals surface area contributed by atoms with Crippen LogP contribution < -0.4 is 5.32 Å². The number of nitrogens with one attached hydrogen (secondary N) is 1. The summed E-state index contributed by atoms with van der Waals surface area (Å²) in [5.41, 5.74) is 1.32. The van der Waals surface area contributed by atoms with Crippen molar-refractivity contribution in [1.82, 2.24) is 15.1 Å². The second-order valence-electron chi connectivity index (χ2n) is 4.79. The molecule has 3 nitrogen and oxygen atoms in total. The van der Waals surface area contributed by atoms with Crippen LogP contribution in [-0.2, 0) is 6.42 Å². The van der Waals surface area contributed by atoms with Gasteiger partial charge < -0.3 is 5.32 Å². The molecule has 0 saturated carbocycles. The van der Waals surface area contributed by atoms with Crippen molar-refractivity contribution in [3.63, 3.8) is 0 Å². The van der Waals surface area contributed by atoms with Crippen LogP contribution in [0.2, 0.25) is 0 Å². The van der Waals surface area contributed by atoms with E-state index >= 15 is 0 Å². The molecule has 17 heavy (non-hydrogen) atoms. The first-order chi connectivity index (χ1) is 8.10. The highest BCUT2D eigenvalue weighted by atomic mass is 79.9. The molecule has 0 bridgehead atoms. The molecule has 1 rings (SSSR count). The van der Waals surface area contributed by atoms with Gasteiger partial charge in [-0.25, -0.2) is 0 Å². The lowest BCUT2D eigenvalue weighted by Gasteiger charge is -2.17. The molecule has 1 N–H and O–H groups in total. The molecule has 1 heterocycles. The van der Waals surface area contributed by atoms with Gasteiger partial charge in [-0.3, -0.25) is 4.68 Å². The Morgan fingerprint density at radius 3 is 2.65 bits per heavy atom. The van der Waals surface area contributed by atoms with Gasteiger partial charge >= 0.3 is 0 Å². The summed E-state index contributed by atoms with van der Waals surface area (Å²) < 4.78 is 3.25. The third kappa shape index (κ3) is 4.11. The monoisotopic (exact) mass is 301 g/mol. The maximum Gasteiger partial charge on any atom is 0.0635 e. The minimum Gasteiger partial charge on any atom is -0.317 e. The van der Waals surface area contributed by atoms with E-state index in [0.29, 0.717) is 12.1 Å². The van der Waals surface area contributed by atoms with Gasteiger partial charge in [-0.15, -0.1) is 0 Å². The van der Waals surface area contributed by atoms with E-state index in [1.54, 1.807) is 0 Å². The number of hydrogen-bond acceptors (Lipinski definition) is 2. The number of rotatable bonds is 7. The molecule has 0 spiro atoms. The Hall–Kier alpha value is -0.350. The lowest BCUT2D eigenvalue weighted by molar-refractivity contribution is 0.458. The lowest BCUT2D eigenvalue weighted by Crippen LogP contribution is -2.26. The molecular weight excluding hydrogens is 278 g/mol. The van der Waals surface area contributed by atoms with Crippen LogP contribution in [-0.4, -0.2) is 22.9 Å². The van der Waals surface area contributed by atoms with E-state index in [1.807, 2.05) is 6.20 Å². The fraction of sp³-hybridized carbons (Fsp3) is 0.769. The third-order valence-corrected chi connectivity index (χ3v) is 3.77. The quantitative estimate of drug-likeness (QED) is 0.835. The highest BCUT2D eigenvalue weighted by molar-refractivity contribution is 9.10. The molecule has 0 aliphatic carbocycles. The molecule has 0 amide bonds. The van der Waals surface area contributed by atoms with Gasteiger partial charge in [-0.1, -0.05) is 13.3 Å². The van der Waals surface area contributed by atoms with Crippen molar-refractivity contribution in [3.05, 3.63) is 16.4 Å². The first-order valence-electron chi connectivity index (χ1n) is 6.49. The minimum atomic E-state index is 0.426. The van der Waals surface area contributed by atoms with E-state index < -0.39 is 0 Å². The molecular formula is C13H24BrN3. The van der Waals surface area contributed by atoms with Crippen molar-refractivity contribution < 1.29 is 0 Å². The zero-order valence-corrected chi connectivity index (χ0v) is 12.9. The molecule has 4 heteroatoms. The predicted octanol–water partition coefficient (Wildman–Crippen LogP) is 3.55. The molecule has 98 valence electrons. The maximum absolute atomic E-state index is 4.41. The van der Waals surface area contributed by atoms with Gasteiger partial charge in [0.2, 0.25) is 0 Å². The third-order valence-electron chi connectivity index (χ3n) is 3.11. The Morgan fingerprint density at radius 1 is 1.41 bits per heavy atom. The van der Waals surface area contributed by atoms with Crippen LogP contribution in [0.1, 0.15) is 51.8 Å². The second kappa shape index (κ2) is 7.17. The van der Waals surface area contributed by atoms with Gasteiger partial charge in [0.25, 0.3) is 0 Å². The fourth-order valence-corrected chi connectivity index (χ4v) is 2.61. The van der Waals surface area contributed by atoms with Crippen LogP contribution in [0.5, 0.6) is 0 Å². The van der Waals surface area contributed by atoms with Gasteiger partial charge in [0, 0.05) is 12.1 Å². The second-order valence-corrected chi connectivity index (χ2v) is 5.64. The Kier molecular flexibility index (Phi) is 6.20. The average molecular weight is 302 g/mol. The van der Waals surface area contributed by atoms with Crippen LogP contribution in [0.15, 0.2) is 10.7 Å². The molecule has 1 aromatic rings. The molecule has 0 saturated heterocycles. The smallest absolute Gasteiger partial charge is 0.0635 e. The van der Waals surface area contributed by atoms with Gasteiger partial charge in [0.15, 0.2) is 0 Å². The first kappa shape index (κ1) is 14.7. The van der Waals surface area contributed by atoms with Crippen LogP contribution in [0.4, 0.5) is 0 Å². The number of halogens is 1. The van der Waals surface area contributed by atoms with E-state index in [-0.39, 0.29) is 0 Å². The Bertz CT molecular complexity index is 333. The van der Waals surface area contributed by atoms with Crippen LogP contribution in [0.3, 0.4) is 0 Å². The van der Waals surface area contributed by atoms with Crippen LogP contribution >= 0.6 is 15.9 Å². The molecule has 1 unspecified atom stereocenters. The SMILES string of the molecule is CCCC(CCc1c(Br)cnn1C(C)C)NC. The maximum atomic E-state index is 4.41. The van der Waals surface area contributed by atoms with Crippen LogP contribution in [0.25, 0.3) is 0 Å². The Labute approximate surface area is 113 Å². The van der Waals surface area contributed by atoms with Crippen molar-refractivity contribution in [2.75, 3.05) is 7.05 Å². The summed E-state index contributed by atoms with van der Waals surface area (Å²) >= 11 is 3.59. The molecule has 0 radical (unpaired) electrons. The largest absolute Gasteiger partial charge is 0.317 e. The highest BCUT2D eigenvalue weighted by Crippen LogP contribution is 2.21. The Morgan fingerprint density at radius 2 is 2.12 bits per heavy atom. The van der Waals surface area contributed by atoms with Gasteiger partial charge in [0.05, 0.1) is 16.4 Å². The van der Waals surface area contributed by atoms with Gasteiger partial charge in [-0.2, -0.15) is 5.10 Å². The zero-order valence-electron chi connectivity index (χ0n) is 11.3. The summed E-state index contributed by atoms with van der Waals surface area (Å²) in [6, 6.07) is 1.04. The van der Waals surface area contributed by atoms with Gasteiger partial charge in [0.1, 0.15) is 0 Å². The number of nitrogens with zero attached hydrogens (tertiary/aromatic N) is 2. The van der Waals surface area contributed by atoms with Gasteiger partial charge in [-0.05, 0) is 56.1 Å². The van der Waals surface area contributed by atoms with Crippen molar-refractivity contribution in [2.45, 2.75) is 58.5 Å². The van der Waals surface area contributed by atoms with Crippen molar-refractivity contribution >= 4 is 15.9 Å². The molecule has 0 aliphatic heterocycles. The highest BCUT2D eigenvalue weighted by Gasteiger charge is 2.13. The molecule has 0 fully saturated rings. The minimum absolute atomic E-state index is 0.426. The Balaban J connectivity index is 2.64. The normalized spacial score (nSPS) is 13.3. The molecule has 1 atom stereocenters. The summed E-state index contributed by atoms with van der Waals surface area (Å²) in [7, 11) is 2.05. The average Bonchev–Trinajstić information content (AvgIpc) is 2.66. The van der Waals surface area contributed by atoms with E-state index in [4.69, 9.17) is 0 Å². The first-order valence-corrected chi connectivity index (χ1v) is 7.28. The summed E-state index contributed by atoms with van der Waals surface area (Å²) in [6.45, 7) is 6.58. The summed E-state index contributed by atoms with van der Waals surface area (Å²) in [5, 5.41) is 7.80. The van der Waals surface area contributed by atoms with Crippen molar-refractivity contribution in [3.8, 4) is 0 Å². The lowest BCUT2D eigenvalue weighted by atomic mass is 10.1. The molecule has 0 aromatic carbocycles. The molecule has 0 aliphatic rings. The van der Waals surface area contributed by atoms with E-state index in [0.717, 1.165) is 10.9 Å². The topological polar surface area (TPSA) is 29.9 Å². The fourth-order valence-electron chi connectivity index (χ4n) is 2.14. The number of aromatic nitrogens is 2. The summed E-state index contributed by atoms with van der Waals surface area (Å²) in [5.74, 6) is 0. The van der Waals surface area contributed by atoms with Crippen molar-refractivity contribution in [2.24, 2.45) is 0 Å². The summed E-state index contributed by atoms with van der Waals surface area (Å²) in [6.07, 6.45) is 6.62. The number of hydrogen-bond donors (Lipinski definition) is 1. The van der Waals surface area contributed by atoms with E-state index in [1.165, 1.54) is 25.0 Å². The predicted molar refractivity (Wildman–Crippen MR) is 76.4 cm³/mol. The van der Waals surface area contributed by atoms with E-state index in [9.17, 15) is 0 Å². The summed E-state index contributed by atoms with van der Waals surface area (Å²) in [4.78, 5) is 0.